The first-order valence-corrected chi connectivity index (χ1v) is 7.74. The zero-order valence-corrected chi connectivity index (χ0v) is 11.8. The molecule has 1 aliphatic carbocycles. The van der Waals surface area contributed by atoms with E-state index in [2.05, 4.69) is 45.5 Å². The highest BCUT2D eigenvalue weighted by Gasteiger charge is 2.13. The summed E-state index contributed by atoms with van der Waals surface area (Å²) in [4.78, 5) is 1.35. The fourth-order valence-electron chi connectivity index (χ4n) is 2.12. The van der Waals surface area contributed by atoms with E-state index in [1.165, 1.54) is 35.1 Å². The Morgan fingerprint density at radius 3 is 2.88 bits per heavy atom. The Morgan fingerprint density at radius 2 is 2.12 bits per heavy atom. The highest BCUT2D eigenvalue weighted by Crippen LogP contribution is 2.22. The molecule has 0 spiro atoms. The predicted octanol–water partition coefficient (Wildman–Crippen LogP) is 4.07. The van der Waals surface area contributed by atoms with E-state index in [1.807, 2.05) is 11.8 Å². The summed E-state index contributed by atoms with van der Waals surface area (Å²) in [5.74, 6) is 1.16. The molecule has 0 aliphatic heterocycles. The van der Waals surface area contributed by atoms with Gasteiger partial charge in [0, 0.05) is 27.7 Å². The van der Waals surface area contributed by atoms with Crippen molar-refractivity contribution in [1.82, 2.24) is 5.32 Å². The number of hydrogen-bond donors (Lipinski definition) is 1. The van der Waals surface area contributed by atoms with E-state index in [0.29, 0.717) is 0 Å². The van der Waals surface area contributed by atoms with Gasteiger partial charge in [0.05, 0.1) is 0 Å². The van der Waals surface area contributed by atoms with E-state index >= 15 is 0 Å². The van der Waals surface area contributed by atoms with Gasteiger partial charge in [-0.1, -0.05) is 34.8 Å². The maximum Gasteiger partial charge on any atom is 0.0186 e. The average Bonchev–Trinajstić information content (AvgIpc) is 2.77. The smallest absolute Gasteiger partial charge is 0.0186 e. The fourth-order valence-corrected chi connectivity index (χ4v) is 3.51. The first-order valence-electron chi connectivity index (χ1n) is 5.96. The third-order valence-corrected chi connectivity index (χ3v) is 4.44. The number of nitrogens with one attached hydrogen (secondary N) is 1. The highest BCUT2D eigenvalue weighted by molar-refractivity contribution is 9.10. The van der Waals surface area contributed by atoms with Crippen molar-refractivity contribution in [3.63, 3.8) is 0 Å². The van der Waals surface area contributed by atoms with Crippen LogP contribution in [0.25, 0.3) is 0 Å². The number of rotatable bonds is 5. The molecule has 1 aromatic rings. The number of halogens is 1. The minimum atomic E-state index is 0.795. The molecule has 1 fully saturated rings. The summed E-state index contributed by atoms with van der Waals surface area (Å²) >= 11 is 5.42. The molecule has 2 rings (SSSR count). The maximum atomic E-state index is 3.63. The summed E-state index contributed by atoms with van der Waals surface area (Å²) < 4.78 is 1.17. The van der Waals surface area contributed by atoms with Crippen molar-refractivity contribution < 1.29 is 0 Å². The Kier molecular flexibility index (Phi) is 5.20. The quantitative estimate of drug-likeness (QED) is 0.650. The second-order valence-electron chi connectivity index (χ2n) is 4.24. The molecule has 0 heterocycles. The summed E-state index contributed by atoms with van der Waals surface area (Å²) in [6, 6.07) is 9.31. The van der Waals surface area contributed by atoms with E-state index in [1.54, 1.807) is 0 Å². The van der Waals surface area contributed by atoms with Crippen molar-refractivity contribution in [2.45, 2.75) is 36.6 Å². The van der Waals surface area contributed by atoms with Crippen molar-refractivity contribution in [3.05, 3.63) is 28.7 Å². The first kappa shape index (κ1) is 12.5. The van der Waals surface area contributed by atoms with Gasteiger partial charge in [-0.05, 0) is 31.0 Å². The van der Waals surface area contributed by atoms with Gasteiger partial charge in [-0.2, -0.15) is 0 Å². The minimum absolute atomic E-state index is 0.795. The molecule has 1 nitrogen and oxygen atoms in total. The van der Waals surface area contributed by atoms with E-state index in [-0.39, 0.29) is 0 Å². The van der Waals surface area contributed by atoms with Gasteiger partial charge >= 0.3 is 0 Å². The lowest BCUT2D eigenvalue weighted by Crippen LogP contribution is -2.27. The molecule has 0 amide bonds. The molecule has 1 saturated carbocycles. The van der Waals surface area contributed by atoms with Crippen molar-refractivity contribution in [2.24, 2.45) is 0 Å². The predicted molar refractivity (Wildman–Crippen MR) is 75.1 cm³/mol. The Labute approximate surface area is 111 Å². The Bertz CT molecular complexity index is 323. The molecule has 88 valence electrons. The second kappa shape index (κ2) is 6.67. The van der Waals surface area contributed by atoms with Gasteiger partial charge in [-0.25, -0.2) is 0 Å². The summed E-state index contributed by atoms with van der Waals surface area (Å²) in [6.07, 6.45) is 5.58. The van der Waals surface area contributed by atoms with Crippen LogP contribution in [-0.2, 0) is 0 Å². The van der Waals surface area contributed by atoms with Crippen LogP contribution in [0.2, 0.25) is 0 Å². The lowest BCUT2D eigenvalue weighted by atomic mass is 10.2. The van der Waals surface area contributed by atoms with Gasteiger partial charge < -0.3 is 5.32 Å². The van der Waals surface area contributed by atoms with Crippen molar-refractivity contribution in [1.29, 1.82) is 0 Å². The summed E-state index contributed by atoms with van der Waals surface area (Å²) in [5, 5.41) is 3.63. The molecular weight excluding hydrogens is 282 g/mol. The zero-order valence-electron chi connectivity index (χ0n) is 9.42. The van der Waals surface area contributed by atoms with Gasteiger partial charge in [-0.15, -0.1) is 11.8 Å². The molecule has 0 atom stereocenters. The molecule has 1 aliphatic rings. The van der Waals surface area contributed by atoms with E-state index < -0.39 is 0 Å². The van der Waals surface area contributed by atoms with Gasteiger partial charge in [-0.3, -0.25) is 0 Å². The number of thioether (sulfide) groups is 1. The van der Waals surface area contributed by atoms with E-state index in [0.717, 1.165) is 18.3 Å². The average molecular weight is 300 g/mol. The summed E-state index contributed by atoms with van der Waals surface area (Å²) in [5.41, 5.74) is 0. The van der Waals surface area contributed by atoms with E-state index in [9.17, 15) is 0 Å². The van der Waals surface area contributed by atoms with Crippen LogP contribution in [0.15, 0.2) is 33.6 Å². The summed E-state index contributed by atoms with van der Waals surface area (Å²) in [7, 11) is 0. The Morgan fingerprint density at radius 1 is 1.31 bits per heavy atom. The van der Waals surface area contributed by atoms with Crippen LogP contribution in [0.4, 0.5) is 0 Å². The first-order chi connectivity index (χ1) is 7.84. The number of hydrogen-bond acceptors (Lipinski definition) is 2. The van der Waals surface area contributed by atoms with Gasteiger partial charge in [0.2, 0.25) is 0 Å². The summed E-state index contributed by atoms with van der Waals surface area (Å²) in [6.45, 7) is 1.13. The van der Waals surface area contributed by atoms with Crippen LogP contribution in [0, 0.1) is 0 Å². The lowest BCUT2D eigenvalue weighted by Gasteiger charge is -2.11. The molecule has 0 radical (unpaired) electrons. The van der Waals surface area contributed by atoms with Crippen LogP contribution >= 0.6 is 27.7 Å². The molecule has 0 unspecified atom stereocenters. The monoisotopic (exact) mass is 299 g/mol. The molecular formula is C13H18BrNS. The Hall–Kier alpha value is 0.01000. The maximum absolute atomic E-state index is 3.63. The molecule has 0 aromatic heterocycles. The van der Waals surface area contributed by atoms with Crippen molar-refractivity contribution >= 4 is 27.7 Å². The molecule has 0 bridgehead atoms. The van der Waals surface area contributed by atoms with Gasteiger partial charge in [0.25, 0.3) is 0 Å². The van der Waals surface area contributed by atoms with Gasteiger partial charge in [0.15, 0.2) is 0 Å². The van der Waals surface area contributed by atoms with Crippen LogP contribution in [0.3, 0.4) is 0 Å². The van der Waals surface area contributed by atoms with Crippen molar-refractivity contribution in [3.8, 4) is 0 Å². The number of benzene rings is 1. The van der Waals surface area contributed by atoms with E-state index in [4.69, 9.17) is 0 Å². The normalized spacial score (nSPS) is 16.8. The van der Waals surface area contributed by atoms with Crippen LogP contribution in [-0.4, -0.2) is 18.3 Å². The molecule has 1 N–H and O–H groups in total. The van der Waals surface area contributed by atoms with Gasteiger partial charge in [0.1, 0.15) is 0 Å². The van der Waals surface area contributed by atoms with Crippen molar-refractivity contribution in [2.75, 3.05) is 12.3 Å². The molecule has 16 heavy (non-hydrogen) atoms. The third-order valence-electron chi connectivity index (χ3n) is 2.96. The molecule has 0 saturated heterocycles. The lowest BCUT2D eigenvalue weighted by molar-refractivity contribution is 0.545. The van der Waals surface area contributed by atoms with Crippen LogP contribution in [0.5, 0.6) is 0 Å². The standard InChI is InChI=1S/C13H18BrNS/c14-11-4-3-7-13(10-11)16-9-8-15-12-5-1-2-6-12/h3-4,7,10,12,15H,1-2,5-6,8-9H2. The fraction of sp³-hybridized carbons (Fsp3) is 0.538. The second-order valence-corrected chi connectivity index (χ2v) is 6.33. The van der Waals surface area contributed by atoms with Crippen LogP contribution < -0.4 is 5.32 Å². The zero-order chi connectivity index (χ0) is 11.2. The highest BCUT2D eigenvalue weighted by atomic mass is 79.9. The SMILES string of the molecule is Brc1cccc(SCCNC2CCCC2)c1. The topological polar surface area (TPSA) is 12.0 Å². The Balaban J connectivity index is 1.64. The van der Waals surface area contributed by atoms with Crippen LogP contribution in [0.1, 0.15) is 25.7 Å². The molecule has 3 heteroatoms. The largest absolute Gasteiger partial charge is 0.313 e. The minimum Gasteiger partial charge on any atom is -0.313 e. The molecule has 1 aromatic carbocycles. The third kappa shape index (κ3) is 4.11.